The minimum absolute atomic E-state index is 0.0595. The van der Waals surface area contributed by atoms with Crippen LogP contribution in [0.25, 0.3) is 0 Å². The van der Waals surface area contributed by atoms with Crippen molar-refractivity contribution in [1.29, 1.82) is 5.26 Å². The molecule has 15 heavy (non-hydrogen) atoms. The van der Waals surface area contributed by atoms with Gasteiger partial charge in [0.05, 0.1) is 12.1 Å². The summed E-state index contributed by atoms with van der Waals surface area (Å²) >= 11 is 0. The molecule has 0 aromatic heterocycles. The second kappa shape index (κ2) is 5.10. The van der Waals surface area contributed by atoms with E-state index in [4.69, 9.17) is 5.26 Å². The molecule has 5 nitrogen and oxygen atoms in total. The predicted molar refractivity (Wildman–Crippen MR) is 57.1 cm³/mol. The number of nitriles is 1. The van der Waals surface area contributed by atoms with Gasteiger partial charge in [0.15, 0.2) is 0 Å². The Morgan fingerprint density at radius 2 is 2.33 bits per heavy atom. The van der Waals surface area contributed by atoms with Crippen molar-refractivity contribution in [2.75, 3.05) is 33.7 Å². The lowest BCUT2D eigenvalue weighted by atomic mass is 10.1. The molecule has 1 N–H and O–H groups in total. The van der Waals surface area contributed by atoms with Gasteiger partial charge < -0.3 is 10.2 Å². The highest BCUT2D eigenvalue weighted by molar-refractivity contribution is 5.81. The monoisotopic (exact) mass is 210 g/mol. The van der Waals surface area contributed by atoms with Gasteiger partial charge in [0.25, 0.3) is 0 Å². The number of nitrogens with one attached hydrogen (secondary N) is 1. The van der Waals surface area contributed by atoms with Crippen molar-refractivity contribution in [1.82, 2.24) is 15.1 Å². The quantitative estimate of drug-likeness (QED) is 0.652. The first-order valence-corrected chi connectivity index (χ1v) is 5.15. The largest absolute Gasteiger partial charge is 0.347 e. The molecule has 0 spiro atoms. The summed E-state index contributed by atoms with van der Waals surface area (Å²) in [5.74, 6) is 0.0595. The fraction of sp³-hybridized carbons (Fsp3) is 0.800. The van der Waals surface area contributed by atoms with Crippen molar-refractivity contribution in [3.63, 3.8) is 0 Å². The van der Waals surface area contributed by atoms with E-state index in [2.05, 4.69) is 11.4 Å². The maximum atomic E-state index is 11.9. The minimum Gasteiger partial charge on any atom is -0.347 e. The lowest BCUT2D eigenvalue weighted by molar-refractivity contribution is -0.135. The summed E-state index contributed by atoms with van der Waals surface area (Å²) in [6.45, 7) is 4.05. The van der Waals surface area contributed by atoms with Crippen LogP contribution < -0.4 is 5.32 Å². The fourth-order valence-electron chi connectivity index (χ4n) is 1.78. The van der Waals surface area contributed by atoms with Gasteiger partial charge in [-0.05, 0) is 6.92 Å². The summed E-state index contributed by atoms with van der Waals surface area (Å²) in [7, 11) is 3.48. The molecule has 1 fully saturated rings. The number of carbonyl (C=O) groups is 1. The van der Waals surface area contributed by atoms with Crippen LogP contribution in [-0.4, -0.2) is 61.5 Å². The standard InChI is InChI=1S/C10H18N4O/c1-8(6-11)14-5-4-12-7-9(14)10(15)13(2)3/h8-9,12H,4-5,7H2,1-3H3. The average molecular weight is 210 g/mol. The van der Waals surface area contributed by atoms with Crippen LogP contribution in [0.5, 0.6) is 0 Å². The number of nitrogens with zero attached hydrogens (tertiary/aromatic N) is 3. The second-order valence-electron chi connectivity index (χ2n) is 4.00. The van der Waals surface area contributed by atoms with E-state index in [-0.39, 0.29) is 18.0 Å². The molecule has 1 amide bonds. The smallest absolute Gasteiger partial charge is 0.240 e. The molecule has 5 heteroatoms. The summed E-state index contributed by atoms with van der Waals surface area (Å²) in [6.07, 6.45) is 0. The predicted octanol–water partition coefficient (Wildman–Crippen LogP) is -0.740. The van der Waals surface area contributed by atoms with Gasteiger partial charge in [-0.1, -0.05) is 0 Å². The Balaban J connectivity index is 2.74. The van der Waals surface area contributed by atoms with Gasteiger partial charge in [0.2, 0.25) is 5.91 Å². The molecule has 1 saturated heterocycles. The number of rotatable bonds is 2. The number of likely N-dealkylation sites (N-methyl/N-ethyl adjacent to an activating group) is 1. The molecule has 0 bridgehead atoms. The third-order valence-corrected chi connectivity index (χ3v) is 2.69. The first kappa shape index (κ1) is 12.0. The summed E-state index contributed by atoms with van der Waals surface area (Å²) in [5.41, 5.74) is 0. The topological polar surface area (TPSA) is 59.4 Å². The van der Waals surface area contributed by atoms with Gasteiger partial charge in [0.1, 0.15) is 6.04 Å². The Kier molecular flexibility index (Phi) is 4.06. The first-order valence-electron chi connectivity index (χ1n) is 5.15. The maximum Gasteiger partial charge on any atom is 0.240 e. The van der Waals surface area contributed by atoms with Crippen molar-refractivity contribution in [2.45, 2.75) is 19.0 Å². The lowest BCUT2D eigenvalue weighted by Crippen LogP contribution is -2.59. The molecule has 0 aromatic rings. The minimum atomic E-state index is -0.207. The number of carbonyl (C=O) groups excluding carboxylic acids is 1. The number of hydrogen-bond donors (Lipinski definition) is 1. The molecule has 2 atom stereocenters. The van der Waals surface area contributed by atoms with E-state index in [1.807, 2.05) is 11.8 Å². The molecule has 1 aliphatic heterocycles. The molecule has 0 aliphatic carbocycles. The molecule has 1 rings (SSSR count). The Bertz CT molecular complexity index is 271. The zero-order valence-corrected chi connectivity index (χ0v) is 9.53. The van der Waals surface area contributed by atoms with Gasteiger partial charge in [-0.2, -0.15) is 5.26 Å². The maximum absolute atomic E-state index is 11.9. The third-order valence-electron chi connectivity index (χ3n) is 2.69. The fourth-order valence-corrected chi connectivity index (χ4v) is 1.78. The molecule has 1 aliphatic rings. The molecular weight excluding hydrogens is 192 g/mol. The Labute approximate surface area is 90.6 Å². The van der Waals surface area contributed by atoms with Crippen molar-refractivity contribution in [2.24, 2.45) is 0 Å². The number of piperazine rings is 1. The summed E-state index contributed by atoms with van der Waals surface area (Å²) in [6, 6.07) is 1.77. The van der Waals surface area contributed by atoms with Crippen LogP contribution in [0, 0.1) is 11.3 Å². The molecule has 0 saturated carbocycles. The number of amides is 1. The van der Waals surface area contributed by atoms with E-state index >= 15 is 0 Å². The summed E-state index contributed by atoms with van der Waals surface area (Å²) < 4.78 is 0. The average Bonchev–Trinajstić information content (AvgIpc) is 2.27. The highest BCUT2D eigenvalue weighted by atomic mass is 16.2. The first-order chi connectivity index (χ1) is 7.07. The van der Waals surface area contributed by atoms with E-state index in [0.717, 1.165) is 13.1 Å². The lowest BCUT2D eigenvalue weighted by Gasteiger charge is -2.37. The van der Waals surface area contributed by atoms with Gasteiger partial charge in [-0.3, -0.25) is 9.69 Å². The molecule has 0 aromatic carbocycles. The third kappa shape index (κ3) is 2.67. The van der Waals surface area contributed by atoms with E-state index in [9.17, 15) is 4.79 Å². The summed E-state index contributed by atoms with van der Waals surface area (Å²) in [4.78, 5) is 15.4. The Morgan fingerprint density at radius 3 is 2.87 bits per heavy atom. The number of hydrogen-bond acceptors (Lipinski definition) is 4. The van der Waals surface area contributed by atoms with Gasteiger partial charge in [0, 0.05) is 33.7 Å². The van der Waals surface area contributed by atoms with Crippen molar-refractivity contribution in [3.05, 3.63) is 0 Å². The van der Waals surface area contributed by atoms with Gasteiger partial charge >= 0.3 is 0 Å². The van der Waals surface area contributed by atoms with E-state index in [1.165, 1.54) is 0 Å². The highest BCUT2D eigenvalue weighted by Gasteiger charge is 2.32. The van der Waals surface area contributed by atoms with Crippen LogP contribution in [0.15, 0.2) is 0 Å². The molecular formula is C10H18N4O. The zero-order valence-electron chi connectivity index (χ0n) is 9.53. The molecule has 1 heterocycles. The van der Waals surface area contributed by atoms with Crippen LogP contribution in [0.3, 0.4) is 0 Å². The molecule has 0 radical (unpaired) electrons. The van der Waals surface area contributed by atoms with Crippen molar-refractivity contribution >= 4 is 5.91 Å². The second-order valence-corrected chi connectivity index (χ2v) is 4.00. The van der Waals surface area contributed by atoms with Gasteiger partial charge in [-0.15, -0.1) is 0 Å². The van der Waals surface area contributed by atoms with E-state index < -0.39 is 0 Å². The van der Waals surface area contributed by atoms with Crippen molar-refractivity contribution < 1.29 is 4.79 Å². The highest BCUT2D eigenvalue weighted by Crippen LogP contribution is 2.09. The summed E-state index contributed by atoms with van der Waals surface area (Å²) in [5, 5.41) is 12.1. The van der Waals surface area contributed by atoms with Crippen LogP contribution in [-0.2, 0) is 4.79 Å². The Hall–Kier alpha value is -1.12. The van der Waals surface area contributed by atoms with E-state index in [0.29, 0.717) is 6.54 Å². The van der Waals surface area contributed by atoms with Crippen LogP contribution in [0.1, 0.15) is 6.92 Å². The van der Waals surface area contributed by atoms with Crippen LogP contribution in [0.4, 0.5) is 0 Å². The van der Waals surface area contributed by atoms with Gasteiger partial charge in [-0.25, -0.2) is 0 Å². The van der Waals surface area contributed by atoms with E-state index in [1.54, 1.807) is 19.0 Å². The normalized spacial score (nSPS) is 24.3. The molecule has 84 valence electrons. The molecule has 2 unspecified atom stereocenters. The Morgan fingerprint density at radius 1 is 1.67 bits per heavy atom. The van der Waals surface area contributed by atoms with Crippen LogP contribution in [0.2, 0.25) is 0 Å². The van der Waals surface area contributed by atoms with Crippen LogP contribution >= 0.6 is 0 Å². The SMILES string of the molecule is CC(C#N)N1CCNCC1C(=O)N(C)C. The van der Waals surface area contributed by atoms with Crippen molar-refractivity contribution in [3.8, 4) is 6.07 Å². The zero-order chi connectivity index (χ0) is 11.4.